The second kappa shape index (κ2) is 5.74. The van der Waals surface area contributed by atoms with E-state index in [0.29, 0.717) is 0 Å². The molecule has 3 heterocycles. The standard InChI is InChI=1S/C19H25N5/c1-19(2,3)13-4-5-17-15(10-13)16-12-24(9-7-18(16)21-17)8-6-14-11-20-23-22-14/h4-5,10-11,21H,6-9,12H2,1-3H3,(H,20,22,23). The molecular formula is C19H25N5. The number of fused-ring (bicyclic) bond motifs is 3. The summed E-state index contributed by atoms with van der Waals surface area (Å²) in [5.41, 5.74) is 6.85. The van der Waals surface area contributed by atoms with E-state index in [1.165, 1.54) is 27.7 Å². The highest BCUT2D eigenvalue weighted by molar-refractivity contribution is 5.85. The molecule has 2 aromatic heterocycles. The minimum atomic E-state index is 0.181. The van der Waals surface area contributed by atoms with Crippen LogP contribution >= 0.6 is 0 Å². The van der Waals surface area contributed by atoms with Crippen molar-refractivity contribution in [3.63, 3.8) is 0 Å². The maximum atomic E-state index is 3.86. The van der Waals surface area contributed by atoms with Crippen molar-refractivity contribution in [1.29, 1.82) is 0 Å². The molecule has 0 atom stereocenters. The molecule has 0 amide bonds. The third-order valence-corrected chi connectivity index (χ3v) is 5.08. The van der Waals surface area contributed by atoms with Crippen molar-refractivity contribution in [2.75, 3.05) is 13.1 Å². The van der Waals surface area contributed by atoms with E-state index in [1.54, 1.807) is 0 Å². The number of hydrogen-bond donors (Lipinski definition) is 2. The molecule has 1 aliphatic rings. The Morgan fingerprint density at radius 2 is 2.12 bits per heavy atom. The second-order valence-electron chi connectivity index (χ2n) is 7.85. The number of aromatic nitrogens is 4. The Labute approximate surface area is 142 Å². The molecule has 5 heteroatoms. The van der Waals surface area contributed by atoms with E-state index in [1.807, 2.05) is 6.20 Å². The number of aromatic amines is 2. The molecule has 0 radical (unpaired) electrons. The quantitative estimate of drug-likeness (QED) is 0.778. The van der Waals surface area contributed by atoms with Crippen LogP contribution in [0.15, 0.2) is 24.4 Å². The first-order chi connectivity index (χ1) is 11.5. The molecule has 3 aromatic rings. The topological polar surface area (TPSA) is 60.6 Å². The molecule has 126 valence electrons. The lowest BCUT2D eigenvalue weighted by Gasteiger charge is -2.27. The molecule has 5 nitrogen and oxygen atoms in total. The van der Waals surface area contributed by atoms with Crippen LogP contribution < -0.4 is 0 Å². The Hall–Kier alpha value is -2.14. The molecule has 0 spiro atoms. The summed E-state index contributed by atoms with van der Waals surface area (Å²) in [6, 6.07) is 6.88. The summed E-state index contributed by atoms with van der Waals surface area (Å²) in [4.78, 5) is 6.16. The highest BCUT2D eigenvalue weighted by Gasteiger charge is 2.22. The van der Waals surface area contributed by atoms with Gasteiger partial charge < -0.3 is 4.98 Å². The number of hydrogen-bond acceptors (Lipinski definition) is 3. The Morgan fingerprint density at radius 3 is 2.88 bits per heavy atom. The second-order valence-corrected chi connectivity index (χ2v) is 7.85. The van der Waals surface area contributed by atoms with Crippen molar-refractivity contribution in [3.05, 3.63) is 46.9 Å². The van der Waals surface area contributed by atoms with Crippen LogP contribution in [0.25, 0.3) is 10.9 Å². The third-order valence-electron chi connectivity index (χ3n) is 5.08. The minimum absolute atomic E-state index is 0.181. The number of rotatable bonds is 3. The van der Waals surface area contributed by atoms with E-state index in [4.69, 9.17) is 0 Å². The highest BCUT2D eigenvalue weighted by Crippen LogP contribution is 2.32. The normalized spacial score (nSPS) is 15.8. The monoisotopic (exact) mass is 323 g/mol. The third kappa shape index (κ3) is 2.84. The predicted octanol–water partition coefficient (Wildman–Crippen LogP) is 3.18. The average molecular weight is 323 g/mol. The van der Waals surface area contributed by atoms with Crippen molar-refractivity contribution in [3.8, 4) is 0 Å². The SMILES string of the molecule is CC(C)(C)c1ccc2[nH]c3c(c2c1)CN(CCc1cnn[nH]1)CC3. The Bertz CT molecular complexity index is 839. The first-order valence-electron chi connectivity index (χ1n) is 8.72. The van der Waals surface area contributed by atoms with Crippen LogP contribution in [-0.4, -0.2) is 38.4 Å². The van der Waals surface area contributed by atoms with Gasteiger partial charge in [0, 0.05) is 49.1 Å². The smallest absolute Gasteiger partial charge is 0.0722 e. The Balaban J connectivity index is 1.59. The van der Waals surface area contributed by atoms with E-state index < -0.39 is 0 Å². The number of benzene rings is 1. The van der Waals surface area contributed by atoms with Gasteiger partial charge in [-0.25, -0.2) is 0 Å². The van der Waals surface area contributed by atoms with Crippen LogP contribution in [0.3, 0.4) is 0 Å². The fourth-order valence-electron chi connectivity index (χ4n) is 3.55. The summed E-state index contributed by atoms with van der Waals surface area (Å²) in [6.45, 7) is 9.99. The summed E-state index contributed by atoms with van der Waals surface area (Å²) >= 11 is 0. The molecule has 24 heavy (non-hydrogen) atoms. The average Bonchev–Trinajstić information content (AvgIpc) is 3.18. The Kier molecular flexibility index (Phi) is 3.68. The summed E-state index contributed by atoms with van der Waals surface area (Å²) < 4.78 is 0. The molecule has 0 saturated carbocycles. The largest absolute Gasteiger partial charge is 0.358 e. The van der Waals surface area contributed by atoms with Crippen LogP contribution in [0.5, 0.6) is 0 Å². The van der Waals surface area contributed by atoms with Crippen molar-refractivity contribution < 1.29 is 0 Å². The molecule has 0 fully saturated rings. The minimum Gasteiger partial charge on any atom is -0.358 e. The Morgan fingerprint density at radius 1 is 1.25 bits per heavy atom. The summed E-state index contributed by atoms with van der Waals surface area (Å²) in [7, 11) is 0. The van der Waals surface area contributed by atoms with Crippen molar-refractivity contribution >= 4 is 10.9 Å². The fraction of sp³-hybridized carbons (Fsp3) is 0.474. The summed E-state index contributed by atoms with van der Waals surface area (Å²) in [5.74, 6) is 0. The number of nitrogens with one attached hydrogen (secondary N) is 2. The lowest BCUT2D eigenvalue weighted by Crippen LogP contribution is -2.32. The molecule has 2 N–H and O–H groups in total. The van der Waals surface area contributed by atoms with Crippen LogP contribution in [0, 0.1) is 0 Å². The van der Waals surface area contributed by atoms with Crippen LogP contribution in [0.2, 0.25) is 0 Å². The van der Waals surface area contributed by atoms with Gasteiger partial charge in [0.25, 0.3) is 0 Å². The van der Waals surface area contributed by atoms with E-state index in [-0.39, 0.29) is 5.41 Å². The molecule has 0 aliphatic carbocycles. The maximum absolute atomic E-state index is 3.86. The zero-order valence-electron chi connectivity index (χ0n) is 14.7. The molecule has 1 aliphatic heterocycles. The van der Waals surface area contributed by atoms with Crippen LogP contribution in [0.1, 0.15) is 43.3 Å². The van der Waals surface area contributed by atoms with Gasteiger partial charge in [-0.05, 0) is 28.7 Å². The predicted molar refractivity (Wildman–Crippen MR) is 96.1 cm³/mol. The van der Waals surface area contributed by atoms with Gasteiger partial charge in [-0.3, -0.25) is 10.00 Å². The molecule has 4 rings (SSSR count). The summed E-state index contributed by atoms with van der Waals surface area (Å²) in [6.07, 6.45) is 3.88. The van der Waals surface area contributed by atoms with Gasteiger partial charge in [0.2, 0.25) is 0 Å². The van der Waals surface area contributed by atoms with E-state index >= 15 is 0 Å². The van der Waals surface area contributed by atoms with Crippen molar-refractivity contribution in [2.24, 2.45) is 0 Å². The first kappa shape index (κ1) is 15.4. The molecule has 0 unspecified atom stereocenters. The number of nitrogens with zero attached hydrogens (tertiary/aromatic N) is 3. The lowest BCUT2D eigenvalue weighted by molar-refractivity contribution is 0.257. The highest BCUT2D eigenvalue weighted by atomic mass is 15.3. The molecule has 0 saturated heterocycles. The van der Waals surface area contributed by atoms with Crippen molar-refractivity contribution in [2.45, 2.75) is 45.6 Å². The van der Waals surface area contributed by atoms with Crippen LogP contribution in [0.4, 0.5) is 0 Å². The van der Waals surface area contributed by atoms with Gasteiger partial charge in [0.05, 0.1) is 11.9 Å². The lowest BCUT2D eigenvalue weighted by atomic mass is 9.86. The zero-order valence-corrected chi connectivity index (χ0v) is 14.7. The van der Waals surface area contributed by atoms with Gasteiger partial charge in [0.15, 0.2) is 0 Å². The zero-order chi connectivity index (χ0) is 16.7. The van der Waals surface area contributed by atoms with E-state index in [9.17, 15) is 0 Å². The van der Waals surface area contributed by atoms with Gasteiger partial charge in [0.1, 0.15) is 0 Å². The van der Waals surface area contributed by atoms with E-state index in [2.05, 4.69) is 64.3 Å². The fourth-order valence-corrected chi connectivity index (χ4v) is 3.55. The molecule has 1 aromatic carbocycles. The van der Waals surface area contributed by atoms with Gasteiger partial charge >= 0.3 is 0 Å². The van der Waals surface area contributed by atoms with Gasteiger partial charge in [-0.15, -0.1) is 5.10 Å². The number of H-pyrrole nitrogens is 2. The van der Waals surface area contributed by atoms with E-state index in [0.717, 1.165) is 38.2 Å². The van der Waals surface area contributed by atoms with Gasteiger partial charge in [-0.2, -0.15) is 0 Å². The molecular weight excluding hydrogens is 298 g/mol. The van der Waals surface area contributed by atoms with Gasteiger partial charge in [-0.1, -0.05) is 32.1 Å². The van der Waals surface area contributed by atoms with Crippen LogP contribution in [-0.2, 0) is 24.8 Å². The van der Waals surface area contributed by atoms with Crippen molar-refractivity contribution in [1.82, 2.24) is 25.3 Å². The maximum Gasteiger partial charge on any atom is 0.0722 e. The molecule has 0 bridgehead atoms. The summed E-state index contributed by atoms with van der Waals surface area (Å²) in [5, 5.41) is 12.0. The first-order valence-corrected chi connectivity index (χ1v) is 8.72.